The van der Waals surface area contributed by atoms with Crippen LogP contribution in [0.1, 0.15) is 11.1 Å². The Hall–Kier alpha value is -1.86. The highest BCUT2D eigenvalue weighted by Gasteiger charge is 2.01. The molecule has 2 heteroatoms. The number of hydrogen-bond acceptors (Lipinski definition) is 1. The zero-order chi connectivity index (χ0) is 13.1. The molecule has 0 saturated heterocycles. The normalized spacial score (nSPS) is 9.95. The van der Waals surface area contributed by atoms with Crippen molar-refractivity contribution < 1.29 is 0 Å². The summed E-state index contributed by atoms with van der Waals surface area (Å²) in [4.78, 5) is 4.07. The highest BCUT2D eigenvalue weighted by atomic mass is 127. The lowest BCUT2D eigenvalue weighted by molar-refractivity contribution is 1.31. The molecule has 0 amide bonds. The minimum absolute atomic E-state index is 0.936. The van der Waals surface area contributed by atoms with E-state index in [4.69, 9.17) is 0 Å². The van der Waals surface area contributed by atoms with Gasteiger partial charge in [-0.1, -0.05) is 36.1 Å². The fourth-order valence-corrected chi connectivity index (χ4v) is 2.79. The Bertz CT molecular complexity index is 777. The highest BCUT2D eigenvalue weighted by molar-refractivity contribution is 14.1. The number of aromatic nitrogens is 1. The molecule has 0 N–H and O–H groups in total. The van der Waals surface area contributed by atoms with Crippen molar-refractivity contribution in [3.63, 3.8) is 0 Å². The average molecular weight is 355 g/mol. The van der Waals surface area contributed by atoms with Gasteiger partial charge in [0, 0.05) is 32.5 Å². The second-order valence-electron chi connectivity index (χ2n) is 4.14. The van der Waals surface area contributed by atoms with Crippen LogP contribution in [0, 0.1) is 15.4 Å². The lowest BCUT2D eigenvalue weighted by atomic mass is 10.0. The molecule has 3 rings (SSSR count). The van der Waals surface area contributed by atoms with Crippen LogP contribution in [0.2, 0.25) is 0 Å². The molecule has 1 heterocycles. The first-order valence-electron chi connectivity index (χ1n) is 5.94. The van der Waals surface area contributed by atoms with Gasteiger partial charge in [-0.3, -0.25) is 4.98 Å². The summed E-state index contributed by atoms with van der Waals surface area (Å²) in [6, 6.07) is 16.4. The summed E-state index contributed by atoms with van der Waals surface area (Å²) >= 11 is 2.36. The van der Waals surface area contributed by atoms with Gasteiger partial charge in [-0.05, 0) is 52.2 Å². The first-order chi connectivity index (χ1) is 9.34. The third kappa shape index (κ3) is 2.61. The van der Waals surface area contributed by atoms with Gasteiger partial charge in [0.1, 0.15) is 0 Å². The Morgan fingerprint density at radius 1 is 0.895 bits per heavy atom. The number of halogens is 1. The summed E-state index contributed by atoms with van der Waals surface area (Å²) in [6.07, 6.45) is 3.54. The fraction of sp³-hybridized carbons (Fsp3) is 0. The number of pyridine rings is 1. The largest absolute Gasteiger partial charge is 0.263 e. The molecule has 0 aliphatic carbocycles. The van der Waals surface area contributed by atoms with Crippen LogP contribution in [-0.2, 0) is 0 Å². The van der Waals surface area contributed by atoms with Crippen molar-refractivity contribution in [3.8, 4) is 11.8 Å². The molecule has 0 bridgehead atoms. The molecule has 0 saturated carbocycles. The molecule has 2 aromatic carbocycles. The molecule has 0 spiro atoms. The number of rotatable bonds is 0. The molecule has 90 valence electrons. The van der Waals surface area contributed by atoms with E-state index in [9.17, 15) is 0 Å². The van der Waals surface area contributed by atoms with Crippen molar-refractivity contribution in [3.05, 3.63) is 75.6 Å². The number of fused-ring (bicyclic) bond motifs is 1. The maximum atomic E-state index is 4.07. The molecular weight excluding hydrogens is 345 g/mol. The van der Waals surface area contributed by atoms with Gasteiger partial charge < -0.3 is 0 Å². The van der Waals surface area contributed by atoms with Crippen molar-refractivity contribution in [1.82, 2.24) is 4.98 Å². The summed E-state index contributed by atoms with van der Waals surface area (Å²) in [5, 5.41) is 2.45. The Morgan fingerprint density at radius 2 is 1.74 bits per heavy atom. The van der Waals surface area contributed by atoms with Crippen molar-refractivity contribution >= 4 is 33.4 Å². The maximum absolute atomic E-state index is 4.07. The van der Waals surface area contributed by atoms with E-state index < -0.39 is 0 Å². The van der Waals surface area contributed by atoms with Crippen molar-refractivity contribution in [2.45, 2.75) is 0 Å². The van der Waals surface area contributed by atoms with Crippen molar-refractivity contribution in [2.75, 3.05) is 0 Å². The Balaban J connectivity index is 2.15. The van der Waals surface area contributed by atoms with E-state index in [2.05, 4.69) is 69.7 Å². The van der Waals surface area contributed by atoms with E-state index in [0.717, 1.165) is 11.1 Å². The molecular formula is C17H10IN. The average Bonchev–Trinajstić information content (AvgIpc) is 2.46. The van der Waals surface area contributed by atoms with Gasteiger partial charge in [-0.2, -0.15) is 0 Å². The van der Waals surface area contributed by atoms with Crippen LogP contribution < -0.4 is 0 Å². The smallest absolute Gasteiger partial charge is 0.0432 e. The molecule has 19 heavy (non-hydrogen) atoms. The van der Waals surface area contributed by atoms with E-state index in [1.165, 1.54) is 14.3 Å². The van der Waals surface area contributed by atoms with Gasteiger partial charge in [0.2, 0.25) is 0 Å². The number of nitrogens with zero attached hydrogens (tertiary/aromatic N) is 1. The highest BCUT2D eigenvalue weighted by Crippen LogP contribution is 2.23. The summed E-state index contributed by atoms with van der Waals surface area (Å²) in [5.41, 5.74) is 2.00. The lowest BCUT2D eigenvalue weighted by Gasteiger charge is -2.02. The van der Waals surface area contributed by atoms with Crippen LogP contribution in [0.4, 0.5) is 0 Å². The maximum Gasteiger partial charge on any atom is 0.0432 e. The first-order valence-corrected chi connectivity index (χ1v) is 7.02. The first kappa shape index (κ1) is 12.2. The van der Waals surface area contributed by atoms with Crippen molar-refractivity contribution in [2.24, 2.45) is 0 Å². The minimum atomic E-state index is 0.936. The van der Waals surface area contributed by atoms with E-state index in [0.29, 0.717) is 0 Å². The van der Waals surface area contributed by atoms with Crippen LogP contribution in [0.5, 0.6) is 0 Å². The molecule has 3 aromatic rings. The zero-order valence-corrected chi connectivity index (χ0v) is 12.3. The Morgan fingerprint density at radius 3 is 2.53 bits per heavy atom. The fourth-order valence-electron chi connectivity index (χ4n) is 1.98. The quantitative estimate of drug-likeness (QED) is 0.434. The summed E-state index contributed by atoms with van der Waals surface area (Å²) < 4.78 is 1.23. The minimum Gasteiger partial charge on any atom is -0.263 e. The van der Waals surface area contributed by atoms with E-state index in [1.54, 1.807) is 12.4 Å². The second-order valence-corrected chi connectivity index (χ2v) is 5.30. The topological polar surface area (TPSA) is 12.9 Å². The zero-order valence-electron chi connectivity index (χ0n) is 10.1. The SMILES string of the molecule is Ic1cccc2cccc(C#Cc3cccnc3)c12. The Labute approximate surface area is 125 Å². The van der Waals surface area contributed by atoms with E-state index >= 15 is 0 Å². The van der Waals surface area contributed by atoms with Gasteiger partial charge in [0.25, 0.3) is 0 Å². The van der Waals surface area contributed by atoms with Gasteiger partial charge in [0.15, 0.2) is 0 Å². The second kappa shape index (κ2) is 5.41. The summed E-state index contributed by atoms with van der Waals surface area (Å²) in [5.74, 6) is 6.41. The number of hydrogen-bond donors (Lipinski definition) is 0. The van der Waals surface area contributed by atoms with Gasteiger partial charge in [-0.25, -0.2) is 0 Å². The molecule has 0 aliphatic rings. The predicted octanol–water partition coefficient (Wildman–Crippen LogP) is 4.24. The van der Waals surface area contributed by atoms with Crippen LogP contribution >= 0.6 is 22.6 Å². The standard InChI is InChI=1S/C17H10IN/c18-16-8-2-7-14-5-1-6-15(17(14)16)10-9-13-4-3-11-19-12-13/h1-8,11-12H. The van der Waals surface area contributed by atoms with Gasteiger partial charge >= 0.3 is 0 Å². The number of benzene rings is 2. The van der Waals surface area contributed by atoms with Crippen LogP contribution in [0.15, 0.2) is 60.9 Å². The van der Waals surface area contributed by atoms with E-state index in [1.807, 2.05) is 18.2 Å². The molecule has 0 atom stereocenters. The molecule has 0 radical (unpaired) electrons. The van der Waals surface area contributed by atoms with E-state index in [-0.39, 0.29) is 0 Å². The third-order valence-corrected chi connectivity index (χ3v) is 3.76. The molecule has 0 aliphatic heterocycles. The molecule has 0 fully saturated rings. The predicted molar refractivity (Wildman–Crippen MR) is 86.9 cm³/mol. The monoisotopic (exact) mass is 355 g/mol. The van der Waals surface area contributed by atoms with Crippen LogP contribution in [-0.4, -0.2) is 4.98 Å². The van der Waals surface area contributed by atoms with Crippen LogP contribution in [0.3, 0.4) is 0 Å². The molecule has 0 unspecified atom stereocenters. The van der Waals surface area contributed by atoms with Crippen LogP contribution in [0.25, 0.3) is 10.8 Å². The molecule has 1 aromatic heterocycles. The molecule has 1 nitrogen and oxygen atoms in total. The Kier molecular flexibility index (Phi) is 3.47. The van der Waals surface area contributed by atoms with Gasteiger partial charge in [0.05, 0.1) is 0 Å². The van der Waals surface area contributed by atoms with Gasteiger partial charge in [-0.15, -0.1) is 0 Å². The lowest BCUT2D eigenvalue weighted by Crippen LogP contribution is -1.84. The summed E-state index contributed by atoms with van der Waals surface area (Å²) in [7, 11) is 0. The van der Waals surface area contributed by atoms with Crippen molar-refractivity contribution in [1.29, 1.82) is 0 Å². The third-order valence-electron chi connectivity index (χ3n) is 2.86. The summed E-state index contributed by atoms with van der Waals surface area (Å²) in [6.45, 7) is 0.